The average molecular weight is 314 g/mol. The van der Waals surface area contributed by atoms with Crippen LogP contribution in [0.3, 0.4) is 0 Å². The van der Waals surface area contributed by atoms with Gasteiger partial charge in [0.25, 0.3) is 0 Å². The van der Waals surface area contributed by atoms with E-state index in [0.29, 0.717) is 0 Å². The van der Waals surface area contributed by atoms with Crippen molar-refractivity contribution in [2.24, 2.45) is 5.73 Å². The fourth-order valence-electron chi connectivity index (χ4n) is 1.99. The van der Waals surface area contributed by atoms with Gasteiger partial charge < -0.3 is 15.2 Å². The highest BCUT2D eigenvalue weighted by atomic mass is 79.9. The third kappa shape index (κ3) is 3.18. The lowest BCUT2D eigenvalue weighted by Crippen LogP contribution is -2.25. The maximum absolute atomic E-state index is 6.21. The minimum Gasteiger partial charge on any atom is -0.493 e. The molecule has 0 spiro atoms. The summed E-state index contributed by atoms with van der Waals surface area (Å²) in [6.07, 6.45) is 3.13. The Balaban J connectivity index is 2.36. The summed E-state index contributed by atoms with van der Waals surface area (Å²) in [7, 11) is 1.66. The zero-order chi connectivity index (χ0) is 13.3. The van der Waals surface area contributed by atoms with E-state index in [-0.39, 0.29) is 11.6 Å². The molecule has 0 amide bonds. The normalized spacial score (nSPS) is 16.8. The van der Waals surface area contributed by atoms with Crippen LogP contribution in [0.15, 0.2) is 16.6 Å². The van der Waals surface area contributed by atoms with Crippen LogP contribution in [-0.2, 0) is 6.42 Å². The minimum atomic E-state index is -0.0408. The van der Waals surface area contributed by atoms with E-state index in [9.17, 15) is 0 Å². The first-order valence-electron chi connectivity index (χ1n) is 6.25. The van der Waals surface area contributed by atoms with Crippen LogP contribution in [0.1, 0.15) is 32.3 Å². The van der Waals surface area contributed by atoms with Gasteiger partial charge in [0.2, 0.25) is 0 Å². The van der Waals surface area contributed by atoms with E-state index in [0.717, 1.165) is 40.8 Å². The summed E-state index contributed by atoms with van der Waals surface area (Å²) in [4.78, 5) is 0. The first-order chi connectivity index (χ1) is 8.43. The van der Waals surface area contributed by atoms with Gasteiger partial charge in [-0.2, -0.15) is 0 Å². The third-order valence-corrected chi connectivity index (χ3v) is 3.56. The number of nitrogens with two attached hydrogens (primary N) is 1. The molecule has 0 atom stereocenters. The second-order valence-electron chi connectivity index (χ2n) is 5.30. The van der Waals surface area contributed by atoms with Gasteiger partial charge in [-0.1, -0.05) is 15.9 Å². The highest BCUT2D eigenvalue weighted by Gasteiger charge is 2.39. The van der Waals surface area contributed by atoms with Gasteiger partial charge in [0.15, 0.2) is 11.5 Å². The smallest absolute Gasteiger partial charge is 0.164 e. The molecule has 0 unspecified atom stereocenters. The van der Waals surface area contributed by atoms with Crippen LogP contribution in [-0.4, -0.2) is 18.8 Å². The van der Waals surface area contributed by atoms with Gasteiger partial charge in [-0.3, -0.25) is 0 Å². The van der Waals surface area contributed by atoms with E-state index in [2.05, 4.69) is 22.0 Å². The Morgan fingerprint density at radius 3 is 2.56 bits per heavy atom. The second-order valence-corrected chi connectivity index (χ2v) is 6.22. The number of halogens is 1. The van der Waals surface area contributed by atoms with Crippen LogP contribution in [0, 0.1) is 0 Å². The van der Waals surface area contributed by atoms with Gasteiger partial charge in [0.1, 0.15) is 0 Å². The Morgan fingerprint density at radius 2 is 2.06 bits per heavy atom. The molecule has 100 valence electrons. The van der Waals surface area contributed by atoms with Crippen molar-refractivity contribution < 1.29 is 9.47 Å². The molecule has 0 aromatic heterocycles. The highest BCUT2D eigenvalue weighted by molar-refractivity contribution is 9.10. The largest absolute Gasteiger partial charge is 0.493 e. The molecular weight excluding hydrogens is 294 g/mol. The van der Waals surface area contributed by atoms with E-state index in [1.54, 1.807) is 7.11 Å². The fraction of sp³-hybridized carbons (Fsp3) is 0.571. The van der Waals surface area contributed by atoms with Crippen molar-refractivity contribution in [1.29, 1.82) is 0 Å². The van der Waals surface area contributed by atoms with Crippen molar-refractivity contribution in [1.82, 2.24) is 0 Å². The predicted octanol–water partition coefficient (Wildman–Crippen LogP) is 3.28. The van der Waals surface area contributed by atoms with Crippen molar-refractivity contribution in [3.05, 3.63) is 22.2 Å². The van der Waals surface area contributed by atoms with E-state index in [1.165, 1.54) is 0 Å². The van der Waals surface area contributed by atoms with E-state index in [4.69, 9.17) is 15.2 Å². The summed E-state index contributed by atoms with van der Waals surface area (Å²) in [5, 5.41) is 0. The van der Waals surface area contributed by atoms with Gasteiger partial charge >= 0.3 is 0 Å². The standard InChI is InChI=1S/C14H20BrNO2/c1-9(2)18-13-10(8-14(16)4-5-14)6-11(15)7-12(13)17-3/h6-7,9H,4-5,8,16H2,1-3H3. The van der Waals surface area contributed by atoms with Gasteiger partial charge in [-0.05, 0) is 45.2 Å². The van der Waals surface area contributed by atoms with E-state index in [1.807, 2.05) is 19.9 Å². The monoisotopic (exact) mass is 313 g/mol. The topological polar surface area (TPSA) is 44.5 Å². The van der Waals surface area contributed by atoms with Crippen molar-refractivity contribution in [3.63, 3.8) is 0 Å². The molecule has 0 aliphatic heterocycles. The molecule has 1 aliphatic rings. The summed E-state index contributed by atoms with van der Waals surface area (Å²) < 4.78 is 12.3. The first-order valence-corrected chi connectivity index (χ1v) is 7.05. The lowest BCUT2D eigenvalue weighted by Gasteiger charge is -2.19. The quantitative estimate of drug-likeness (QED) is 0.907. The summed E-state index contributed by atoms with van der Waals surface area (Å²) in [6.45, 7) is 4.03. The number of methoxy groups -OCH3 is 1. The number of hydrogen-bond acceptors (Lipinski definition) is 3. The molecule has 0 saturated heterocycles. The number of hydrogen-bond donors (Lipinski definition) is 1. The lowest BCUT2D eigenvalue weighted by atomic mass is 10.0. The number of ether oxygens (including phenoxy) is 2. The lowest BCUT2D eigenvalue weighted by molar-refractivity contribution is 0.227. The Hall–Kier alpha value is -0.740. The van der Waals surface area contributed by atoms with Crippen LogP contribution in [0.5, 0.6) is 11.5 Å². The van der Waals surface area contributed by atoms with E-state index >= 15 is 0 Å². The van der Waals surface area contributed by atoms with Gasteiger partial charge in [0.05, 0.1) is 13.2 Å². The molecule has 0 bridgehead atoms. The maximum atomic E-state index is 6.21. The van der Waals surface area contributed by atoms with Crippen molar-refractivity contribution in [2.75, 3.05) is 7.11 Å². The van der Waals surface area contributed by atoms with Crippen molar-refractivity contribution in [3.8, 4) is 11.5 Å². The van der Waals surface area contributed by atoms with Gasteiger partial charge in [-0.25, -0.2) is 0 Å². The Bertz CT molecular complexity index is 442. The Labute approximate surface area is 117 Å². The highest BCUT2D eigenvalue weighted by Crippen LogP contribution is 2.42. The fourth-order valence-corrected chi connectivity index (χ4v) is 2.48. The van der Waals surface area contributed by atoms with Crippen molar-refractivity contribution >= 4 is 15.9 Å². The molecule has 1 aliphatic carbocycles. The maximum Gasteiger partial charge on any atom is 0.164 e. The van der Waals surface area contributed by atoms with E-state index < -0.39 is 0 Å². The van der Waals surface area contributed by atoms with Gasteiger partial charge in [-0.15, -0.1) is 0 Å². The molecule has 1 aromatic carbocycles. The SMILES string of the molecule is COc1cc(Br)cc(CC2(N)CC2)c1OC(C)C. The second kappa shape index (κ2) is 5.10. The van der Waals surface area contributed by atoms with Crippen LogP contribution >= 0.6 is 15.9 Å². The Kier molecular flexibility index (Phi) is 3.87. The van der Waals surface area contributed by atoms with Crippen LogP contribution in [0.4, 0.5) is 0 Å². The summed E-state index contributed by atoms with van der Waals surface area (Å²) in [5.74, 6) is 1.59. The Morgan fingerprint density at radius 1 is 1.39 bits per heavy atom. The molecule has 1 saturated carbocycles. The van der Waals surface area contributed by atoms with Crippen LogP contribution in [0.2, 0.25) is 0 Å². The van der Waals surface area contributed by atoms with Crippen LogP contribution in [0.25, 0.3) is 0 Å². The molecular formula is C14H20BrNO2. The average Bonchev–Trinajstić information content (AvgIpc) is 2.99. The molecule has 2 N–H and O–H groups in total. The zero-order valence-corrected chi connectivity index (χ0v) is 12.7. The molecule has 18 heavy (non-hydrogen) atoms. The summed E-state index contributed by atoms with van der Waals surface area (Å²) >= 11 is 3.51. The zero-order valence-electron chi connectivity index (χ0n) is 11.1. The van der Waals surface area contributed by atoms with Crippen LogP contribution < -0.4 is 15.2 Å². The molecule has 2 rings (SSSR count). The summed E-state index contributed by atoms with van der Waals surface area (Å²) in [6, 6.07) is 4.00. The molecule has 1 fully saturated rings. The molecule has 4 heteroatoms. The summed E-state index contributed by atoms with van der Waals surface area (Å²) in [5.41, 5.74) is 7.29. The molecule has 3 nitrogen and oxygen atoms in total. The predicted molar refractivity (Wildman–Crippen MR) is 76.3 cm³/mol. The first kappa shape index (κ1) is 13.7. The number of benzene rings is 1. The van der Waals surface area contributed by atoms with Crippen molar-refractivity contribution in [2.45, 2.75) is 44.8 Å². The molecule has 0 radical (unpaired) electrons. The van der Waals surface area contributed by atoms with Gasteiger partial charge in [0, 0.05) is 15.6 Å². The number of rotatable bonds is 5. The minimum absolute atomic E-state index is 0.0408. The molecule has 0 heterocycles. The third-order valence-electron chi connectivity index (χ3n) is 3.10. The molecule has 1 aromatic rings.